The lowest BCUT2D eigenvalue weighted by molar-refractivity contribution is -0.174. The van der Waals surface area contributed by atoms with E-state index in [0.29, 0.717) is 12.0 Å². The van der Waals surface area contributed by atoms with Crippen molar-refractivity contribution in [3.63, 3.8) is 0 Å². The first-order valence-corrected chi connectivity index (χ1v) is 6.93. The Kier molecular flexibility index (Phi) is 2.42. The van der Waals surface area contributed by atoms with Gasteiger partial charge in [0.05, 0.1) is 11.5 Å². The molecule has 104 valence electrons. The predicted molar refractivity (Wildman–Crippen MR) is 68.4 cm³/mol. The van der Waals surface area contributed by atoms with Gasteiger partial charge in [0.1, 0.15) is 5.60 Å². The van der Waals surface area contributed by atoms with E-state index >= 15 is 0 Å². The highest BCUT2D eigenvalue weighted by atomic mass is 16.6. The number of ether oxygens (including phenoxy) is 1. The number of aliphatic carboxylic acids is 1. The highest BCUT2D eigenvalue weighted by Gasteiger charge is 2.56. The third-order valence-electron chi connectivity index (χ3n) is 5.06. The second kappa shape index (κ2) is 3.62. The summed E-state index contributed by atoms with van der Waals surface area (Å²) >= 11 is 0. The Labute approximate surface area is 112 Å². The first kappa shape index (κ1) is 12.7. The Balaban J connectivity index is 2.20. The number of rotatable bonds is 1. The van der Waals surface area contributed by atoms with Crippen LogP contribution in [0.3, 0.4) is 0 Å². The zero-order valence-corrected chi connectivity index (χ0v) is 11.7. The molecule has 0 spiro atoms. The fraction of sp³-hybridized carbons (Fsp3) is 0.733. The number of carbonyl (C=O) groups is 2. The summed E-state index contributed by atoms with van der Waals surface area (Å²) in [5.74, 6) is -1.76. The maximum absolute atomic E-state index is 12.1. The number of hydrogen-bond donors (Lipinski definition) is 1. The van der Waals surface area contributed by atoms with Gasteiger partial charge in [-0.05, 0) is 38.0 Å². The van der Waals surface area contributed by atoms with Crippen molar-refractivity contribution in [3.05, 3.63) is 11.1 Å². The molecule has 1 N–H and O–H groups in total. The Morgan fingerprint density at radius 1 is 1.37 bits per heavy atom. The molecule has 4 rings (SSSR count). The quantitative estimate of drug-likeness (QED) is 0.739. The van der Waals surface area contributed by atoms with Crippen LogP contribution in [0.2, 0.25) is 0 Å². The number of carbonyl (C=O) groups excluding carboxylic acids is 1. The number of carboxylic acids is 1. The minimum atomic E-state index is -0.939. The third kappa shape index (κ3) is 1.72. The summed E-state index contributed by atoms with van der Waals surface area (Å²) in [6.07, 6.45) is 3.04. The van der Waals surface area contributed by atoms with Gasteiger partial charge in [0.2, 0.25) is 0 Å². The van der Waals surface area contributed by atoms with Crippen LogP contribution in [0.15, 0.2) is 11.1 Å². The number of fused-ring (bicyclic) bond motifs is 2. The fourth-order valence-corrected chi connectivity index (χ4v) is 4.17. The van der Waals surface area contributed by atoms with Crippen LogP contribution in [0, 0.1) is 17.3 Å². The molecule has 2 aliphatic carbocycles. The Morgan fingerprint density at radius 2 is 2.05 bits per heavy atom. The molecule has 0 aromatic carbocycles. The van der Waals surface area contributed by atoms with Crippen molar-refractivity contribution in [2.24, 2.45) is 17.3 Å². The molecular formula is C15H20O4. The lowest BCUT2D eigenvalue weighted by atomic mass is 9.79. The van der Waals surface area contributed by atoms with Crippen molar-refractivity contribution >= 4 is 11.9 Å². The molecule has 0 amide bonds. The van der Waals surface area contributed by atoms with Crippen LogP contribution in [0.1, 0.15) is 46.5 Å². The minimum absolute atomic E-state index is 0.0741. The Hall–Kier alpha value is -1.32. The summed E-state index contributed by atoms with van der Waals surface area (Å²) in [5, 5.41) is 9.54. The fourth-order valence-electron chi connectivity index (χ4n) is 4.17. The number of esters is 1. The Morgan fingerprint density at radius 3 is 2.63 bits per heavy atom. The zero-order valence-electron chi connectivity index (χ0n) is 11.7. The van der Waals surface area contributed by atoms with Crippen molar-refractivity contribution in [1.82, 2.24) is 0 Å². The summed E-state index contributed by atoms with van der Waals surface area (Å²) in [4.78, 5) is 23.7. The van der Waals surface area contributed by atoms with Crippen LogP contribution in [0.4, 0.5) is 0 Å². The van der Waals surface area contributed by atoms with Crippen molar-refractivity contribution < 1.29 is 19.4 Å². The first-order valence-electron chi connectivity index (χ1n) is 6.93. The van der Waals surface area contributed by atoms with Crippen molar-refractivity contribution in [3.8, 4) is 0 Å². The summed E-state index contributed by atoms with van der Waals surface area (Å²) < 4.78 is 5.64. The van der Waals surface area contributed by atoms with Gasteiger partial charge in [0.15, 0.2) is 0 Å². The van der Waals surface area contributed by atoms with Crippen LogP contribution in [-0.2, 0) is 14.3 Å². The number of carboxylic acid groups (broad SMARTS) is 1. The van der Waals surface area contributed by atoms with E-state index in [2.05, 4.69) is 13.8 Å². The van der Waals surface area contributed by atoms with Gasteiger partial charge in [0.25, 0.3) is 0 Å². The van der Waals surface area contributed by atoms with Crippen molar-refractivity contribution in [1.29, 1.82) is 0 Å². The van der Waals surface area contributed by atoms with E-state index in [1.54, 1.807) is 0 Å². The van der Waals surface area contributed by atoms with Gasteiger partial charge in [-0.3, -0.25) is 4.79 Å². The van der Waals surface area contributed by atoms with Crippen LogP contribution in [0.5, 0.6) is 0 Å². The summed E-state index contributed by atoms with van der Waals surface area (Å²) in [6.45, 7) is 6.29. The summed E-state index contributed by atoms with van der Waals surface area (Å²) in [5.41, 5.74) is 0.886. The van der Waals surface area contributed by atoms with E-state index in [-0.39, 0.29) is 17.3 Å². The van der Waals surface area contributed by atoms with Gasteiger partial charge in [-0.15, -0.1) is 0 Å². The molecule has 2 fully saturated rings. The molecule has 4 heteroatoms. The van der Waals surface area contributed by atoms with Crippen molar-refractivity contribution in [2.75, 3.05) is 0 Å². The van der Waals surface area contributed by atoms with E-state index in [1.165, 1.54) is 0 Å². The largest absolute Gasteiger partial charge is 0.478 e. The van der Waals surface area contributed by atoms with E-state index in [4.69, 9.17) is 4.74 Å². The third-order valence-corrected chi connectivity index (χ3v) is 5.06. The number of hydrogen-bond acceptors (Lipinski definition) is 3. The highest BCUT2D eigenvalue weighted by molar-refractivity contribution is 5.96. The maximum Gasteiger partial charge on any atom is 0.332 e. The lowest BCUT2D eigenvalue weighted by Gasteiger charge is -2.38. The van der Waals surface area contributed by atoms with Crippen LogP contribution >= 0.6 is 0 Å². The molecule has 3 atom stereocenters. The molecule has 1 saturated heterocycles. The van der Waals surface area contributed by atoms with E-state index in [1.807, 2.05) is 6.92 Å². The smallest absolute Gasteiger partial charge is 0.332 e. The molecule has 19 heavy (non-hydrogen) atoms. The van der Waals surface area contributed by atoms with Gasteiger partial charge >= 0.3 is 11.9 Å². The molecule has 4 nitrogen and oxygen atoms in total. The normalized spacial score (nSPS) is 39.8. The average molecular weight is 264 g/mol. The van der Waals surface area contributed by atoms with Gasteiger partial charge in [-0.2, -0.15) is 0 Å². The molecule has 4 aliphatic rings. The van der Waals surface area contributed by atoms with Gasteiger partial charge in [0, 0.05) is 5.92 Å². The molecule has 0 aromatic heterocycles. The van der Waals surface area contributed by atoms with Crippen LogP contribution in [-0.4, -0.2) is 22.6 Å². The molecule has 0 radical (unpaired) electrons. The molecule has 0 aromatic rings. The highest BCUT2D eigenvalue weighted by Crippen LogP contribution is 2.57. The minimum Gasteiger partial charge on any atom is -0.478 e. The zero-order chi connectivity index (χ0) is 14.0. The first-order chi connectivity index (χ1) is 8.73. The predicted octanol–water partition coefficient (Wildman–Crippen LogP) is 2.53. The molecule has 2 aliphatic heterocycles. The SMILES string of the molecule is CC1(C)CC2=C(C(=O)O)C3CCC(C)(OC3=O)C2C1. The maximum atomic E-state index is 12.1. The van der Waals surface area contributed by atoms with Gasteiger partial charge in [-0.1, -0.05) is 19.4 Å². The van der Waals surface area contributed by atoms with E-state index in [9.17, 15) is 14.7 Å². The molecule has 1 saturated carbocycles. The van der Waals surface area contributed by atoms with E-state index < -0.39 is 17.5 Å². The van der Waals surface area contributed by atoms with Crippen molar-refractivity contribution in [2.45, 2.75) is 52.1 Å². The lowest BCUT2D eigenvalue weighted by Crippen LogP contribution is -2.43. The molecule has 2 bridgehead atoms. The summed E-state index contributed by atoms with van der Waals surface area (Å²) in [7, 11) is 0. The molecule has 3 unspecified atom stereocenters. The summed E-state index contributed by atoms with van der Waals surface area (Å²) in [6, 6.07) is 0. The molecule has 2 heterocycles. The Bertz CT molecular complexity index is 502. The van der Waals surface area contributed by atoms with Gasteiger partial charge < -0.3 is 9.84 Å². The molecular weight excluding hydrogens is 244 g/mol. The van der Waals surface area contributed by atoms with E-state index in [0.717, 1.165) is 24.8 Å². The average Bonchev–Trinajstić information content (AvgIpc) is 2.50. The van der Waals surface area contributed by atoms with Crippen LogP contribution < -0.4 is 0 Å². The second-order valence-corrected chi connectivity index (χ2v) is 7.17. The second-order valence-electron chi connectivity index (χ2n) is 7.17. The topological polar surface area (TPSA) is 63.6 Å². The standard InChI is InChI=1S/C15H20O4/c1-14(2)6-9-10(7-14)15(3)5-4-8(13(18)19-15)11(9)12(16)17/h8,10H,4-7H2,1-3H3,(H,16,17). The van der Waals surface area contributed by atoms with Gasteiger partial charge in [-0.25, -0.2) is 4.79 Å². The monoisotopic (exact) mass is 264 g/mol. The van der Waals surface area contributed by atoms with Crippen LogP contribution in [0.25, 0.3) is 0 Å².